The van der Waals surface area contributed by atoms with E-state index < -0.39 is 23.1 Å². The highest BCUT2D eigenvalue weighted by Crippen LogP contribution is 2.23. The number of nitrogens with zero attached hydrogens (tertiary/aromatic N) is 1. The zero-order valence-electron chi connectivity index (χ0n) is 10.5. The summed E-state index contributed by atoms with van der Waals surface area (Å²) in [6.07, 6.45) is -0.274. The predicted molar refractivity (Wildman–Crippen MR) is 65.8 cm³/mol. The summed E-state index contributed by atoms with van der Waals surface area (Å²) in [5, 5.41) is 20.1. The quantitative estimate of drug-likeness (QED) is 0.871. The fourth-order valence-electron chi connectivity index (χ4n) is 1.41. The summed E-state index contributed by atoms with van der Waals surface area (Å²) in [6.45, 7) is 2.82. The Kier molecular flexibility index (Phi) is 4.22. The second-order valence-electron chi connectivity index (χ2n) is 4.69. The number of nitrogens with one attached hydrogen (secondary N) is 1. The first-order chi connectivity index (χ1) is 8.77. The van der Waals surface area contributed by atoms with Crippen molar-refractivity contribution in [1.82, 2.24) is 0 Å². The number of anilines is 1. The van der Waals surface area contributed by atoms with Crippen LogP contribution in [0.4, 0.5) is 10.1 Å². The van der Waals surface area contributed by atoms with E-state index in [0.29, 0.717) is 0 Å². The van der Waals surface area contributed by atoms with Crippen molar-refractivity contribution >= 4 is 17.6 Å². The first kappa shape index (κ1) is 14.6. The van der Waals surface area contributed by atoms with E-state index in [-0.39, 0.29) is 17.7 Å². The van der Waals surface area contributed by atoms with E-state index >= 15 is 0 Å². The van der Waals surface area contributed by atoms with Crippen molar-refractivity contribution in [2.45, 2.75) is 20.3 Å². The SMILES string of the molecule is CC(C)(CC(=O)Nc1cccc(F)c1C#N)C(=O)O. The molecule has 0 heterocycles. The van der Waals surface area contributed by atoms with Crippen molar-refractivity contribution in [3.63, 3.8) is 0 Å². The number of aliphatic carboxylic acids is 1. The Morgan fingerprint density at radius 1 is 1.47 bits per heavy atom. The number of amides is 1. The standard InChI is InChI=1S/C13H13FN2O3/c1-13(2,12(18)19)6-11(17)16-10-5-3-4-9(14)8(10)7-15/h3-5H,6H2,1-2H3,(H,16,17)(H,18,19). The van der Waals surface area contributed by atoms with Gasteiger partial charge in [0.25, 0.3) is 0 Å². The molecule has 0 unspecified atom stereocenters. The average Bonchev–Trinajstić information content (AvgIpc) is 2.28. The lowest BCUT2D eigenvalue weighted by molar-refractivity contribution is -0.148. The van der Waals surface area contributed by atoms with Crippen LogP contribution in [0.15, 0.2) is 18.2 Å². The third kappa shape index (κ3) is 3.52. The molecule has 2 N–H and O–H groups in total. The summed E-state index contributed by atoms with van der Waals surface area (Å²) in [6, 6.07) is 5.49. The van der Waals surface area contributed by atoms with Crippen LogP contribution in [0.5, 0.6) is 0 Å². The maximum Gasteiger partial charge on any atom is 0.309 e. The Bertz CT molecular complexity index is 561. The molecular weight excluding hydrogens is 251 g/mol. The van der Waals surface area contributed by atoms with Gasteiger partial charge in [0.05, 0.1) is 11.1 Å². The van der Waals surface area contributed by atoms with Gasteiger partial charge in [-0.25, -0.2) is 4.39 Å². The Morgan fingerprint density at radius 3 is 2.63 bits per heavy atom. The lowest BCUT2D eigenvalue weighted by atomic mass is 9.89. The Morgan fingerprint density at radius 2 is 2.11 bits per heavy atom. The van der Waals surface area contributed by atoms with Crippen molar-refractivity contribution in [3.8, 4) is 6.07 Å². The van der Waals surface area contributed by atoms with Gasteiger partial charge >= 0.3 is 5.97 Å². The molecular formula is C13H13FN2O3. The molecule has 1 rings (SSSR count). The summed E-state index contributed by atoms with van der Waals surface area (Å²) in [5.74, 6) is -2.44. The van der Waals surface area contributed by atoms with Crippen LogP contribution in [0.3, 0.4) is 0 Å². The molecule has 0 aromatic heterocycles. The number of hydrogen-bond acceptors (Lipinski definition) is 3. The molecule has 0 aliphatic rings. The fraction of sp³-hybridized carbons (Fsp3) is 0.308. The number of carboxylic acid groups (broad SMARTS) is 1. The van der Waals surface area contributed by atoms with Gasteiger partial charge in [0.1, 0.15) is 17.4 Å². The highest BCUT2D eigenvalue weighted by molar-refractivity contribution is 5.95. The number of carboxylic acids is 1. The first-order valence-electron chi connectivity index (χ1n) is 5.50. The smallest absolute Gasteiger partial charge is 0.309 e. The van der Waals surface area contributed by atoms with Crippen molar-refractivity contribution in [2.24, 2.45) is 5.41 Å². The molecule has 19 heavy (non-hydrogen) atoms. The van der Waals surface area contributed by atoms with E-state index in [4.69, 9.17) is 10.4 Å². The van der Waals surface area contributed by atoms with E-state index in [1.807, 2.05) is 0 Å². The molecule has 0 atom stereocenters. The number of halogens is 1. The number of benzene rings is 1. The van der Waals surface area contributed by atoms with Crippen LogP contribution in [0.2, 0.25) is 0 Å². The zero-order chi connectivity index (χ0) is 14.6. The minimum absolute atomic E-state index is 0.0358. The van der Waals surface area contributed by atoms with Gasteiger partial charge in [-0.2, -0.15) is 5.26 Å². The Labute approximate surface area is 109 Å². The summed E-state index contributed by atoms with van der Waals surface area (Å²) >= 11 is 0. The van der Waals surface area contributed by atoms with E-state index in [9.17, 15) is 14.0 Å². The molecule has 0 aliphatic carbocycles. The highest BCUT2D eigenvalue weighted by atomic mass is 19.1. The van der Waals surface area contributed by atoms with Gasteiger partial charge in [0.2, 0.25) is 5.91 Å². The first-order valence-corrected chi connectivity index (χ1v) is 5.50. The second-order valence-corrected chi connectivity index (χ2v) is 4.69. The minimum Gasteiger partial charge on any atom is -0.481 e. The molecule has 0 bridgehead atoms. The van der Waals surface area contributed by atoms with E-state index in [1.54, 1.807) is 6.07 Å². The van der Waals surface area contributed by atoms with Crippen LogP contribution in [0.1, 0.15) is 25.8 Å². The van der Waals surface area contributed by atoms with Gasteiger partial charge in [-0.15, -0.1) is 0 Å². The third-order valence-corrected chi connectivity index (χ3v) is 2.58. The minimum atomic E-state index is -1.23. The molecule has 1 amide bonds. The van der Waals surface area contributed by atoms with Gasteiger partial charge in [0.15, 0.2) is 0 Å². The maximum absolute atomic E-state index is 13.3. The van der Waals surface area contributed by atoms with Crippen LogP contribution in [-0.4, -0.2) is 17.0 Å². The normalized spacial score (nSPS) is 10.6. The van der Waals surface area contributed by atoms with Crippen molar-refractivity contribution in [1.29, 1.82) is 5.26 Å². The molecule has 1 aromatic rings. The van der Waals surface area contributed by atoms with E-state index in [0.717, 1.165) is 6.07 Å². The van der Waals surface area contributed by atoms with Gasteiger partial charge in [-0.3, -0.25) is 9.59 Å². The Balaban J connectivity index is 2.88. The zero-order valence-corrected chi connectivity index (χ0v) is 10.5. The molecule has 0 fully saturated rings. The van der Waals surface area contributed by atoms with Gasteiger partial charge in [-0.05, 0) is 26.0 Å². The van der Waals surface area contributed by atoms with Crippen molar-refractivity contribution in [3.05, 3.63) is 29.6 Å². The second kappa shape index (κ2) is 5.48. The van der Waals surface area contributed by atoms with Gasteiger partial charge < -0.3 is 10.4 Å². The third-order valence-electron chi connectivity index (χ3n) is 2.58. The van der Waals surface area contributed by atoms with E-state index in [1.165, 1.54) is 26.0 Å². The van der Waals surface area contributed by atoms with Crippen molar-refractivity contribution < 1.29 is 19.1 Å². The van der Waals surface area contributed by atoms with Crippen LogP contribution in [-0.2, 0) is 9.59 Å². The fourth-order valence-corrected chi connectivity index (χ4v) is 1.41. The number of hydrogen-bond donors (Lipinski definition) is 2. The molecule has 0 saturated heterocycles. The summed E-state index contributed by atoms with van der Waals surface area (Å²) < 4.78 is 13.3. The lowest BCUT2D eigenvalue weighted by Gasteiger charge is -2.18. The molecule has 0 radical (unpaired) electrons. The number of carbonyl (C=O) groups is 2. The maximum atomic E-state index is 13.3. The number of carbonyl (C=O) groups excluding carboxylic acids is 1. The van der Waals surface area contributed by atoms with E-state index in [2.05, 4.69) is 5.32 Å². The van der Waals surface area contributed by atoms with Gasteiger partial charge in [0, 0.05) is 6.42 Å². The highest BCUT2D eigenvalue weighted by Gasteiger charge is 2.30. The topological polar surface area (TPSA) is 90.2 Å². The molecule has 100 valence electrons. The van der Waals surface area contributed by atoms with Crippen LogP contribution in [0, 0.1) is 22.6 Å². The monoisotopic (exact) mass is 264 g/mol. The van der Waals surface area contributed by atoms with Crippen molar-refractivity contribution in [2.75, 3.05) is 5.32 Å². The predicted octanol–water partition coefficient (Wildman–Crippen LogP) is 2.14. The van der Waals surface area contributed by atoms with Gasteiger partial charge in [-0.1, -0.05) is 6.07 Å². The Hall–Kier alpha value is -2.42. The largest absolute Gasteiger partial charge is 0.481 e. The number of nitriles is 1. The van der Waals surface area contributed by atoms with Crippen LogP contribution < -0.4 is 5.32 Å². The van der Waals surface area contributed by atoms with Crippen LogP contribution in [0.25, 0.3) is 0 Å². The number of rotatable bonds is 4. The van der Waals surface area contributed by atoms with Crippen LogP contribution >= 0.6 is 0 Å². The molecule has 0 aliphatic heterocycles. The summed E-state index contributed by atoms with van der Waals surface area (Å²) in [7, 11) is 0. The molecule has 6 heteroatoms. The average molecular weight is 264 g/mol. The molecule has 1 aromatic carbocycles. The molecule has 0 spiro atoms. The lowest BCUT2D eigenvalue weighted by Crippen LogP contribution is -2.29. The molecule has 5 nitrogen and oxygen atoms in total. The molecule has 0 saturated carbocycles. The summed E-state index contributed by atoms with van der Waals surface area (Å²) in [5.41, 5.74) is -1.47. The summed E-state index contributed by atoms with van der Waals surface area (Å²) in [4.78, 5) is 22.6.